The van der Waals surface area contributed by atoms with Gasteiger partial charge >= 0.3 is 18.5 Å². The number of carbonyl (C=O) groups excluding carboxylic acids is 1. The Hall–Kier alpha value is -3.51. The number of hydrogen-bond acceptors (Lipinski definition) is 7. The maximum absolute atomic E-state index is 14.1. The lowest BCUT2D eigenvalue weighted by atomic mass is 9.95. The van der Waals surface area contributed by atoms with Crippen molar-refractivity contribution in [1.82, 2.24) is 9.88 Å². The zero-order valence-electron chi connectivity index (χ0n) is 23.4. The average Bonchev–Trinajstić information content (AvgIpc) is 2.93. The highest BCUT2D eigenvalue weighted by Crippen LogP contribution is 2.39. The first-order valence-corrected chi connectivity index (χ1v) is 14.8. The molecule has 0 spiro atoms. The molecule has 1 aliphatic heterocycles. The molecule has 2 aromatic carbocycles. The molecule has 0 radical (unpaired) electrons. The minimum absolute atomic E-state index is 0.0467. The summed E-state index contributed by atoms with van der Waals surface area (Å²) in [7, 11) is -4.22. The predicted octanol–water partition coefficient (Wildman–Crippen LogP) is 6.14. The Bertz CT molecular complexity index is 1470. The van der Waals surface area contributed by atoms with Gasteiger partial charge in [-0.25, -0.2) is 8.42 Å². The van der Waals surface area contributed by atoms with Crippen molar-refractivity contribution in [2.45, 2.75) is 67.9 Å². The number of likely N-dealkylation sites (tertiary alicyclic amines) is 1. The molecule has 0 N–H and O–H groups in total. The first-order chi connectivity index (χ1) is 19.6. The molecule has 42 heavy (non-hydrogen) atoms. The Labute approximate surface area is 242 Å². The molecular formula is C30H32F4N2O5S. The molecule has 1 fully saturated rings. The third-order valence-corrected chi connectivity index (χ3v) is 9.40. The van der Waals surface area contributed by atoms with Crippen LogP contribution in [0, 0.1) is 0 Å². The van der Waals surface area contributed by atoms with Crippen molar-refractivity contribution >= 4 is 15.8 Å². The molecule has 0 bridgehead atoms. The minimum atomic E-state index is -4.67. The molecule has 0 unspecified atom stereocenters. The molecular weight excluding hydrogens is 576 g/mol. The lowest BCUT2D eigenvalue weighted by Gasteiger charge is -2.40. The molecule has 7 nitrogen and oxygen atoms in total. The van der Waals surface area contributed by atoms with E-state index in [0.717, 1.165) is 17.8 Å². The highest BCUT2D eigenvalue weighted by Gasteiger charge is 2.55. The lowest BCUT2D eigenvalue weighted by Crippen LogP contribution is -2.56. The quantitative estimate of drug-likeness (QED) is 0.213. The summed E-state index contributed by atoms with van der Waals surface area (Å²) in [6.07, 6.45) is -7.71. The average molecular weight is 609 g/mol. The first-order valence-electron chi connectivity index (χ1n) is 13.3. The van der Waals surface area contributed by atoms with Crippen molar-refractivity contribution in [3.8, 4) is 17.0 Å². The number of piperidine rings is 1. The summed E-state index contributed by atoms with van der Waals surface area (Å²) in [5.74, 6) is -1.35. The van der Waals surface area contributed by atoms with E-state index in [1.807, 2.05) is 30.3 Å². The molecule has 3 aromatic rings. The van der Waals surface area contributed by atoms with Gasteiger partial charge in [0.25, 0.3) is 0 Å². The predicted molar refractivity (Wildman–Crippen MR) is 148 cm³/mol. The summed E-state index contributed by atoms with van der Waals surface area (Å²) in [4.78, 5) is 19.5. The van der Waals surface area contributed by atoms with Crippen LogP contribution in [-0.2, 0) is 25.9 Å². The first kappa shape index (κ1) is 31.4. The standard InChI is InChI=1S/C30H32F4N2O5S/c1-28(2,3)41-27(37)29(15-17-36(18-16-29)20-21-7-5-4-6-8-21)42(38,39)24-12-9-22(10-13-24)25-14-11-23(19-35-25)40-30(33,34)26(31)32/h4-14,19,26H,15-18,20H2,1-3H3. The number of alkyl halides is 4. The van der Waals surface area contributed by atoms with Gasteiger partial charge in [0.1, 0.15) is 11.4 Å². The molecule has 1 saturated heterocycles. The van der Waals surface area contributed by atoms with E-state index >= 15 is 0 Å². The van der Waals surface area contributed by atoms with E-state index < -0.39 is 44.4 Å². The van der Waals surface area contributed by atoms with Crippen molar-refractivity contribution in [2.24, 2.45) is 0 Å². The van der Waals surface area contributed by atoms with Crippen LogP contribution in [0.1, 0.15) is 39.2 Å². The molecule has 2 heterocycles. The van der Waals surface area contributed by atoms with E-state index in [4.69, 9.17) is 4.74 Å². The molecule has 226 valence electrons. The monoisotopic (exact) mass is 608 g/mol. The van der Waals surface area contributed by atoms with Crippen molar-refractivity contribution in [1.29, 1.82) is 0 Å². The number of rotatable bonds is 9. The summed E-state index contributed by atoms with van der Waals surface area (Å²) >= 11 is 0. The molecule has 1 aliphatic rings. The van der Waals surface area contributed by atoms with Crippen LogP contribution in [0.3, 0.4) is 0 Å². The maximum Gasteiger partial charge on any atom is 0.461 e. The van der Waals surface area contributed by atoms with Gasteiger partial charge in [0.05, 0.1) is 16.8 Å². The van der Waals surface area contributed by atoms with Gasteiger partial charge in [-0.1, -0.05) is 42.5 Å². The van der Waals surface area contributed by atoms with Crippen molar-refractivity contribution < 1.29 is 40.2 Å². The Kier molecular flexibility index (Phi) is 8.98. The number of carbonyl (C=O) groups is 1. The van der Waals surface area contributed by atoms with E-state index in [9.17, 15) is 30.8 Å². The number of ether oxygens (including phenoxy) is 2. The minimum Gasteiger partial charge on any atom is -0.459 e. The van der Waals surface area contributed by atoms with Gasteiger partial charge in [0.15, 0.2) is 14.6 Å². The number of esters is 1. The van der Waals surface area contributed by atoms with Gasteiger partial charge in [0.2, 0.25) is 0 Å². The van der Waals surface area contributed by atoms with Gasteiger partial charge in [-0.2, -0.15) is 17.6 Å². The van der Waals surface area contributed by atoms with Gasteiger partial charge in [-0.3, -0.25) is 14.7 Å². The second-order valence-corrected chi connectivity index (χ2v) is 13.4. The second-order valence-electron chi connectivity index (χ2n) is 11.1. The number of pyridine rings is 1. The number of halogens is 4. The summed E-state index contributed by atoms with van der Waals surface area (Å²) in [6, 6.07) is 17.7. The van der Waals surface area contributed by atoms with Gasteiger partial charge < -0.3 is 9.47 Å². The van der Waals surface area contributed by atoms with Crippen molar-refractivity contribution in [3.05, 3.63) is 78.5 Å². The fourth-order valence-corrected chi connectivity index (χ4v) is 6.64. The topological polar surface area (TPSA) is 85.8 Å². The second kappa shape index (κ2) is 12.0. The Morgan fingerprint density at radius 2 is 1.60 bits per heavy atom. The third-order valence-electron chi connectivity index (χ3n) is 6.90. The summed E-state index contributed by atoms with van der Waals surface area (Å²) in [5, 5.41) is 0. The van der Waals surface area contributed by atoms with Crippen LogP contribution >= 0.6 is 0 Å². The molecule has 0 amide bonds. The van der Waals surface area contributed by atoms with Crippen LogP contribution in [0.15, 0.2) is 77.8 Å². The van der Waals surface area contributed by atoms with E-state index in [1.54, 1.807) is 20.8 Å². The van der Waals surface area contributed by atoms with Crippen LogP contribution in [0.2, 0.25) is 0 Å². The Morgan fingerprint density at radius 1 is 0.976 bits per heavy atom. The Morgan fingerprint density at radius 3 is 2.12 bits per heavy atom. The number of nitrogens with zero attached hydrogens (tertiary/aromatic N) is 2. The number of benzene rings is 2. The normalized spacial score (nSPS) is 16.3. The van der Waals surface area contributed by atoms with E-state index in [2.05, 4.69) is 14.6 Å². The van der Waals surface area contributed by atoms with Gasteiger partial charge in [0, 0.05) is 25.2 Å². The zero-order valence-corrected chi connectivity index (χ0v) is 24.2. The molecule has 4 rings (SSSR count). The SMILES string of the molecule is CC(C)(C)OC(=O)C1(S(=O)(=O)c2ccc(-c3ccc(OC(F)(F)C(F)F)cn3)cc2)CCN(Cc2ccccc2)CC1. The van der Waals surface area contributed by atoms with E-state index in [-0.39, 0.29) is 23.4 Å². The molecule has 12 heteroatoms. The van der Waals surface area contributed by atoms with E-state index in [1.165, 1.54) is 30.3 Å². The van der Waals surface area contributed by atoms with Crippen LogP contribution in [0.4, 0.5) is 17.6 Å². The largest absolute Gasteiger partial charge is 0.461 e. The Balaban J connectivity index is 1.57. The molecule has 0 aliphatic carbocycles. The number of sulfone groups is 1. The van der Waals surface area contributed by atoms with Gasteiger partial charge in [-0.15, -0.1) is 0 Å². The highest BCUT2D eigenvalue weighted by molar-refractivity contribution is 7.93. The van der Waals surface area contributed by atoms with Crippen LogP contribution in [-0.4, -0.2) is 60.2 Å². The van der Waals surface area contributed by atoms with Crippen LogP contribution in [0.25, 0.3) is 11.3 Å². The summed E-state index contributed by atoms with van der Waals surface area (Å²) in [5.41, 5.74) is 0.885. The number of hydrogen-bond donors (Lipinski definition) is 0. The lowest BCUT2D eigenvalue weighted by molar-refractivity contribution is -0.253. The maximum atomic E-state index is 14.1. The van der Waals surface area contributed by atoms with Crippen molar-refractivity contribution in [3.63, 3.8) is 0 Å². The summed E-state index contributed by atoms with van der Waals surface area (Å²) in [6.45, 7) is 6.41. The fourth-order valence-electron chi connectivity index (χ4n) is 4.71. The molecule has 1 aromatic heterocycles. The molecule has 0 saturated carbocycles. The van der Waals surface area contributed by atoms with Crippen molar-refractivity contribution in [2.75, 3.05) is 13.1 Å². The van der Waals surface area contributed by atoms with Crippen LogP contribution in [0.5, 0.6) is 5.75 Å². The zero-order chi connectivity index (χ0) is 30.8. The fraction of sp³-hybridized carbons (Fsp3) is 0.400. The number of aromatic nitrogens is 1. The van der Waals surface area contributed by atoms with Crippen LogP contribution < -0.4 is 4.74 Å². The molecule has 0 atom stereocenters. The highest BCUT2D eigenvalue weighted by atomic mass is 32.2. The van der Waals surface area contributed by atoms with E-state index in [0.29, 0.717) is 25.2 Å². The summed E-state index contributed by atoms with van der Waals surface area (Å²) < 4.78 is 87.2. The smallest absolute Gasteiger partial charge is 0.459 e. The van der Waals surface area contributed by atoms with Gasteiger partial charge in [-0.05, 0) is 63.4 Å². The third kappa shape index (κ3) is 6.92.